The van der Waals surface area contributed by atoms with Crippen molar-refractivity contribution in [1.82, 2.24) is 10.2 Å². The Kier molecular flexibility index (Phi) is 9.52. The van der Waals surface area contributed by atoms with E-state index < -0.39 is 15.8 Å². The molecular formula is C42H63N2O5PS. The number of carboxylic acids is 1. The summed E-state index contributed by atoms with van der Waals surface area (Å²) in [5.41, 5.74) is 4.61. The van der Waals surface area contributed by atoms with Crippen LogP contribution in [-0.4, -0.2) is 78.3 Å². The predicted octanol–water partition coefficient (Wildman–Crippen LogP) is 7.90. The second-order valence-corrected chi connectivity index (χ2v) is 23.8. The van der Waals surface area contributed by atoms with Crippen LogP contribution in [0.2, 0.25) is 0 Å². The molecule has 10 atom stereocenters. The summed E-state index contributed by atoms with van der Waals surface area (Å²) in [6, 6.07) is 7.53. The van der Waals surface area contributed by atoms with Crippen molar-refractivity contribution in [3.05, 3.63) is 41.5 Å². The molecule has 1 aromatic rings. The number of amides is 1. The van der Waals surface area contributed by atoms with Crippen molar-refractivity contribution in [1.29, 1.82) is 0 Å². The number of allylic oxidation sites excluding steroid dienone is 2. The molecular weight excluding hydrogens is 676 g/mol. The van der Waals surface area contributed by atoms with Gasteiger partial charge in [0, 0.05) is 18.6 Å². The molecule has 7 nitrogen and oxygen atoms in total. The number of sulfone groups is 1. The van der Waals surface area contributed by atoms with Gasteiger partial charge < -0.3 is 10.4 Å². The number of carbonyl (C=O) groups is 2. The molecule has 7 rings (SSSR count). The molecule has 5 fully saturated rings. The van der Waals surface area contributed by atoms with Crippen molar-refractivity contribution in [2.24, 2.45) is 45.3 Å². The lowest BCUT2D eigenvalue weighted by atomic mass is 9.33. The highest BCUT2D eigenvalue weighted by Crippen LogP contribution is 2.76. The highest BCUT2D eigenvalue weighted by atomic mass is 32.2. The second-order valence-electron chi connectivity index (χ2n) is 19.2. The quantitative estimate of drug-likeness (QED) is 0.276. The minimum absolute atomic E-state index is 0.0176. The lowest BCUT2D eigenvalue weighted by Gasteiger charge is -2.72. The minimum atomic E-state index is -2.98. The highest BCUT2D eigenvalue weighted by molar-refractivity contribution is 7.91. The summed E-state index contributed by atoms with van der Waals surface area (Å²) < 4.78 is 24.1. The van der Waals surface area contributed by atoms with E-state index in [1.807, 2.05) is 17.0 Å². The fraction of sp³-hybridized carbons (Fsp3) is 0.762. The molecule has 9 heteroatoms. The maximum atomic E-state index is 13.8. The maximum Gasteiger partial charge on any atom is 0.335 e. The molecule has 1 amide bonds. The molecule has 1 saturated heterocycles. The average molecular weight is 739 g/mol. The van der Waals surface area contributed by atoms with Crippen LogP contribution >= 0.6 is 8.58 Å². The Morgan fingerprint density at radius 2 is 1.59 bits per heavy atom. The number of nitrogens with one attached hydrogen (secondary N) is 1. The maximum absolute atomic E-state index is 13.8. The van der Waals surface area contributed by atoms with E-state index in [1.54, 1.807) is 12.1 Å². The summed E-state index contributed by atoms with van der Waals surface area (Å²) in [6.45, 7) is 18.8. The van der Waals surface area contributed by atoms with Gasteiger partial charge >= 0.3 is 5.97 Å². The molecule has 0 spiro atoms. The van der Waals surface area contributed by atoms with Crippen LogP contribution in [0.25, 0.3) is 5.57 Å². The van der Waals surface area contributed by atoms with Gasteiger partial charge in [-0.2, -0.15) is 0 Å². The second kappa shape index (κ2) is 12.9. The van der Waals surface area contributed by atoms with E-state index in [0.717, 1.165) is 39.8 Å². The minimum Gasteiger partial charge on any atom is -0.478 e. The summed E-state index contributed by atoms with van der Waals surface area (Å²) in [5.74, 6) is 1.77. The van der Waals surface area contributed by atoms with E-state index in [9.17, 15) is 23.1 Å². The van der Waals surface area contributed by atoms with E-state index in [1.165, 1.54) is 37.7 Å². The van der Waals surface area contributed by atoms with E-state index in [0.29, 0.717) is 60.2 Å². The molecule has 6 aliphatic rings. The average Bonchev–Trinajstić information content (AvgIpc) is 3.39. The summed E-state index contributed by atoms with van der Waals surface area (Å²) in [6.07, 6.45) is 13.0. The number of aromatic carboxylic acids is 1. The van der Waals surface area contributed by atoms with Gasteiger partial charge in [0.05, 0.1) is 23.6 Å². The van der Waals surface area contributed by atoms with Gasteiger partial charge in [0.25, 0.3) is 0 Å². The Labute approximate surface area is 309 Å². The molecule has 2 N–H and O–H groups in total. The van der Waals surface area contributed by atoms with Crippen LogP contribution in [0.3, 0.4) is 0 Å². The molecule has 1 aliphatic heterocycles. The SMILES string of the molecule is CC(C)P[C@@H]1CC[C@]2(NC(=O)CN3CCS(=O)(=O)CC3)CC[C@]3(C)[C@H](CC[C@@H]4[C@@]5(C)CC=C(c6ccc(C(=O)O)cc6)C(C)(C)[C@@H]5CC[C@]43C)[C@@H]12. The largest absolute Gasteiger partial charge is 0.478 e. The van der Waals surface area contributed by atoms with Gasteiger partial charge in [-0.15, -0.1) is 8.58 Å². The van der Waals surface area contributed by atoms with Crippen LogP contribution in [0.15, 0.2) is 30.3 Å². The fourth-order valence-corrected chi connectivity index (χ4v) is 16.9. The molecule has 0 aromatic heterocycles. The molecule has 1 aromatic carbocycles. The Morgan fingerprint density at radius 1 is 0.902 bits per heavy atom. The van der Waals surface area contributed by atoms with Gasteiger partial charge in [-0.05, 0) is 138 Å². The van der Waals surface area contributed by atoms with Gasteiger partial charge in [0.2, 0.25) is 5.91 Å². The van der Waals surface area contributed by atoms with Gasteiger partial charge in [-0.3, -0.25) is 9.69 Å². The zero-order valence-electron chi connectivity index (χ0n) is 32.2. The first-order valence-electron chi connectivity index (χ1n) is 19.9. The lowest BCUT2D eigenvalue weighted by molar-refractivity contribution is -0.216. The number of carboxylic acid groups (broad SMARTS) is 1. The molecule has 1 heterocycles. The van der Waals surface area contributed by atoms with Crippen LogP contribution in [0.1, 0.15) is 122 Å². The Morgan fingerprint density at radius 3 is 2.24 bits per heavy atom. The Hall–Kier alpha value is -1.76. The standard InChI is InChI=1S/C42H63N2O5PS/c1-27(2)50-32-15-19-42(43-35(45)26-44-22-24-51(48,49)25-23-44)21-20-40(6)31(36(32)42)12-13-34-39(5)17-14-30(28-8-10-29(11-9-28)37(46)47)38(3,4)33(39)16-18-41(34,40)7/h8-11,14,27,31-34,36,50H,12-13,15-26H2,1-7H3,(H,43,45)(H,46,47)/t31-,32-,33+,34-,36+,39+,40-,41-,42+/m1/s1. The molecule has 5 aliphatic carbocycles. The van der Waals surface area contributed by atoms with Crippen molar-refractivity contribution in [3.8, 4) is 0 Å². The third-order valence-electron chi connectivity index (χ3n) is 16.2. The van der Waals surface area contributed by atoms with Crippen molar-refractivity contribution in [2.45, 2.75) is 123 Å². The molecule has 4 saturated carbocycles. The third kappa shape index (κ3) is 6.08. The summed E-state index contributed by atoms with van der Waals surface area (Å²) in [4.78, 5) is 27.5. The fourth-order valence-electron chi connectivity index (χ4n) is 13.7. The van der Waals surface area contributed by atoms with E-state index in [-0.39, 0.29) is 44.6 Å². The van der Waals surface area contributed by atoms with Crippen molar-refractivity contribution >= 4 is 35.9 Å². The van der Waals surface area contributed by atoms with E-state index in [2.05, 4.69) is 59.9 Å². The number of nitrogens with zero attached hydrogens (tertiary/aromatic N) is 1. The van der Waals surface area contributed by atoms with Gasteiger partial charge in [-0.25, -0.2) is 13.2 Å². The predicted molar refractivity (Wildman–Crippen MR) is 208 cm³/mol. The van der Waals surface area contributed by atoms with Gasteiger partial charge in [0.1, 0.15) is 0 Å². The van der Waals surface area contributed by atoms with Gasteiger partial charge in [-0.1, -0.05) is 66.7 Å². The van der Waals surface area contributed by atoms with E-state index >= 15 is 0 Å². The smallest absolute Gasteiger partial charge is 0.335 e. The van der Waals surface area contributed by atoms with Crippen LogP contribution < -0.4 is 5.32 Å². The van der Waals surface area contributed by atoms with Crippen LogP contribution in [0, 0.1) is 45.3 Å². The number of hydrogen-bond acceptors (Lipinski definition) is 5. The Balaban J connectivity index is 1.16. The third-order valence-corrected chi connectivity index (χ3v) is 19.5. The topological polar surface area (TPSA) is 104 Å². The number of benzene rings is 1. The van der Waals surface area contributed by atoms with Crippen LogP contribution in [0.4, 0.5) is 0 Å². The Bertz CT molecular complexity index is 1680. The van der Waals surface area contributed by atoms with Crippen molar-refractivity contribution in [3.63, 3.8) is 0 Å². The number of fused-ring (bicyclic) bond motifs is 7. The molecule has 0 radical (unpaired) electrons. The molecule has 0 bridgehead atoms. The molecule has 282 valence electrons. The number of carbonyl (C=O) groups excluding carboxylic acids is 1. The molecule has 1 unspecified atom stereocenters. The summed E-state index contributed by atoms with van der Waals surface area (Å²) in [5, 5.41) is 13.2. The zero-order valence-corrected chi connectivity index (χ0v) is 34.0. The lowest BCUT2D eigenvalue weighted by Crippen LogP contribution is -2.68. The monoisotopic (exact) mass is 738 g/mol. The zero-order chi connectivity index (χ0) is 36.8. The first-order valence-corrected chi connectivity index (χ1v) is 22.9. The van der Waals surface area contributed by atoms with Crippen molar-refractivity contribution < 1.29 is 23.1 Å². The molecule has 51 heavy (non-hydrogen) atoms. The van der Waals surface area contributed by atoms with E-state index in [4.69, 9.17) is 0 Å². The summed E-state index contributed by atoms with van der Waals surface area (Å²) >= 11 is 0. The first-order chi connectivity index (χ1) is 23.9. The normalized spacial score (nSPS) is 41.6. The highest BCUT2D eigenvalue weighted by Gasteiger charge is 2.70. The van der Waals surface area contributed by atoms with Crippen LogP contribution in [-0.2, 0) is 14.6 Å². The van der Waals surface area contributed by atoms with Gasteiger partial charge in [0.15, 0.2) is 9.84 Å². The summed E-state index contributed by atoms with van der Waals surface area (Å²) in [7, 11) is -2.07. The first kappa shape index (κ1) is 37.6. The van der Waals surface area contributed by atoms with Crippen LogP contribution in [0.5, 0.6) is 0 Å². The van der Waals surface area contributed by atoms with Crippen molar-refractivity contribution in [2.75, 3.05) is 31.1 Å². The number of hydrogen-bond donors (Lipinski definition) is 2. The number of rotatable bonds is 7.